The van der Waals surface area contributed by atoms with E-state index in [0.717, 1.165) is 0 Å². The molecule has 0 radical (unpaired) electrons. The summed E-state index contributed by atoms with van der Waals surface area (Å²) in [6, 6.07) is 5.71. The van der Waals surface area contributed by atoms with Crippen molar-refractivity contribution in [2.24, 2.45) is 0 Å². The zero-order valence-electron chi connectivity index (χ0n) is 12.9. The minimum atomic E-state index is -0.668. The van der Waals surface area contributed by atoms with Gasteiger partial charge in [0.2, 0.25) is 17.8 Å². The standard InChI is InChI=1S/C15H16FN5O2S/c1-8-17-15(21-20-8)19-13(22)11-7-24-12(14(23)18-11)6-9-4-2-3-5-10(9)16/h2-5,11-12H,6-7H2,1H3,(H,18,23)(H2,17,19,20,21,22)/t11-,12+/m1/s1. The number of hydrogen-bond acceptors (Lipinski definition) is 5. The van der Waals surface area contributed by atoms with E-state index in [-0.39, 0.29) is 30.0 Å². The van der Waals surface area contributed by atoms with Crippen molar-refractivity contribution in [3.05, 3.63) is 41.5 Å². The lowest BCUT2D eigenvalue weighted by Gasteiger charge is -2.27. The Bertz CT molecular complexity index is 766. The van der Waals surface area contributed by atoms with Crippen LogP contribution in [0, 0.1) is 12.7 Å². The van der Waals surface area contributed by atoms with Crippen LogP contribution in [0.3, 0.4) is 0 Å². The number of carbonyl (C=O) groups is 2. The number of amides is 2. The molecule has 1 aromatic heterocycles. The van der Waals surface area contributed by atoms with Gasteiger partial charge in [-0.1, -0.05) is 18.2 Å². The van der Waals surface area contributed by atoms with Gasteiger partial charge in [-0.15, -0.1) is 16.9 Å². The largest absolute Gasteiger partial charge is 0.343 e. The number of halogens is 1. The van der Waals surface area contributed by atoms with Crippen molar-refractivity contribution in [2.75, 3.05) is 11.1 Å². The molecule has 9 heteroatoms. The van der Waals surface area contributed by atoms with Gasteiger partial charge >= 0.3 is 0 Å². The van der Waals surface area contributed by atoms with E-state index in [1.54, 1.807) is 25.1 Å². The predicted molar refractivity (Wildman–Crippen MR) is 88.0 cm³/mol. The molecule has 1 aromatic carbocycles. The summed E-state index contributed by atoms with van der Waals surface area (Å²) < 4.78 is 13.7. The van der Waals surface area contributed by atoms with Crippen molar-refractivity contribution < 1.29 is 14.0 Å². The molecule has 2 atom stereocenters. The summed E-state index contributed by atoms with van der Waals surface area (Å²) in [5.74, 6) is 0.174. The van der Waals surface area contributed by atoms with E-state index in [9.17, 15) is 14.0 Å². The quantitative estimate of drug-likeness (QED) is 0.766. The Morgan fingerprint density at radius 2 is 2.25 bits per heavy atom. The van der Waals surface area contributed by atoms with E-state index in [4.69, 9.17) is 0 Å². The Balaban J connectivity index is 1.58. The first-order valence-electron chi connectivity index (χ1n) is 7.38. The highest BCUT2D eigenvalue weighted by atomic mass is 32.2. The third-order valence-corrected chi connectivity index (χ3v) is 4.89. The molecule has 1 saturated heterocycles. The molecule has 2 heterocycles. The van der Waals surface area contributed by atoms with Crippen LogP contribution in [0.25, 0.3) is 0 Å². The fourth-order valence-corrected chi connectivity index (χ4v) is 3.52. The van der Waals surface area contributed by atoms with Crippen molar-refractivity contribution in [3.63, 3.8) is 0 Å². The maximum absolute atomic E-state index is 13.7. The van der Waals surface area contributed by atoms with Crippen LogP contribution in [0.4, 0.5) is 10.3 Å². The summed E-state index contributed by atoms with van der Waals surface area (Å²) in [5.41, 5.74) is 0.490. The average Bonchev–Trinajstić information content (AvgIpc) is 2.96. The molecule has 1 aliphatic heterocycles. The van der Waals surface area contributed by atoms with Crippen LogP contribution in [0.5, 0.6) is 0 Å². The van der Waals surface area contributed by atoms with Gasteiger partial charge < -0.3 is 5.32 Å². The van der Waals surface area contributed by atoms with E-state index in [0.29, 0.717) is 17.1 Å². The SMILES string of the molecule is Cc1nc(NC(=O)[C@H]2CS[C@@H](Cc3ccccc3F)C(=O)N2)n[nH]1. The molecular formula is C15H16FN5O2S. The van der Waals surface area contributed by atoms with Gasteiger partial charge in [0, 0.05) is 5.75 Å². The van der Waals surface area contributed by atoms with Crippen LogP contribution in [-0.2, 0) is 16.0 Å². The zero-order valence-corrected chi connectivity index (χ0v) is 13.7. The Labute approximate surface area is 141 Å². The first kappa shape index (κ1) is 16.4. The summed E-state index contributed by atoms with van der Waals surface area (Å²) in [7, 11) is 0. The molecule has 0 saturated carbocycles. The summed E-state index contributed by atoms with van der Waals surface area (Å²) in [5, 5.41) is 11.2. The molecule has 1 fully saturated rings. The third-order valence-electron chi connectivity index (χ3n) is 3.58. The Morgan fingerprint density at radius 1 is 1.46 bits per heavy atom. The fraction of sp³-hybridized carbons (Fsp3) is 0.333. The van der Waals surface area contributed by atoms with Gasteiger partial charge in [-0.2, -0.15) is 4.98 Å². The summed E-state index contributed by atoms with van der Waals surface area (Å²) in [6.07, 6.45) is 0.289. The number of H-pyrrole nitrogens is 1. The van der Waals surface area contributed by atoms with Crippen molar-refractivity contribution in [3.8, 4) is 0 Å². The van der Waals surface area contributed by atoms with Crippen molar-refractivity contribution in [2.45, 2.75) is 24.6 Å². The summed E-state index contributed by atoms with van der Waals surface area (Å²) in [4.78, 5) is 28.3. The van der Waals surface area contributed by atoms with Crippen LogP contribution in [0.1, 0.15) is 11.4 Å². The smallest absolute Gasteiger partial charge is 0.250 e. The van der Waals surface area contributed by atoms with Gasteiger partial charge in [0.15, 0.2) is 0 Å². The highest BCUT2D eigenvalue weighted by Crippen LogP contribution is 2.23. The van der Waals surface area contributed by atoms with E-state index < -0.39 is 11.3 Å². The predicted octanol–water partition coefficient (Wildman–Crippen LogP) is 1.03. The maximum Gasteiger partial charge on any atom is 0.250 e. The molecular weight excluding hydrogens is 333 g/mol. The maximum atomic E-state index is 13.7. The molecule has 3 rings (SSSR count). The molecule has 24 heavy (non-hydrogen) atoms. The highest BCUT2D eigenvalue weighted by Gasteiger charge is 2.33. The highest BCUT2D eigenvalue weighted by molar-refractivity contribution is 8.00. The second-order valence-corrected chi connectivity index (χ2v) is 6.65. The molecule has 126 valence electrons. The van der Waals surface area contributed by atoms with Crippen molar-refractivity contribution in [1.29, 1.82) is 0 Å². The van der Waals surface area contributed by atoms with Crippen molar-refractivity contribution in [1.82, 2.24) is 20.5 Å². The molecule has 0 spiro atoms. The summed E-state index contributed by atoms with van der Waals surface area (Å²) >= 11 is 1.34. The normalized spacial score (nSPS) is 20.5. The van der Waals surface area contributed by atoms with Gasteiger partial charge in [-0.25, -0.2) is 4.39 Å². The number of aromatic nitrogens is 3. The average molecular weight is 349 g/mol. The molecule has 7 nitrogen and oxygen atoms in total. The third kappa shape index (κ3) is 3.73. The van der Waals surface area contributed by atoms with Gasteiger partial charge in [-0.05, 0) is 25.0 Å². The minimum Gasteiger partial charge on any atom is -0.343 e. The lowest BCUT2D eigenvalue weighted by Crippen LogP contribution is -2.53. The number of hydrogen-bond donors (Lipinski definition) is 3. The van der Waals surface area contributed by atoms with E-state index in [1.165, 1.54) is 17.8 Å². The number of thioether (sulfide) groups is 1. The van der Waals surface area contributed by atoms with Gasteiger partial charge in [0.1, 0.15) is 17.7 Å². The Kier molecular flexibility index (Phi) is 4.79. The van der Waals surface area contributed by atoms with Crippen LogP contribution in [0.2, 0.25) is 0 Å². The van der Waals surface area contributed by atoms with E-state index in [1.807, 2.05) is 0 Å². The van der Waals surface area contributed by atoms with Gasteiger partial charge in [0.25, 0.3) is 0 Å². The first-order chi connectivity index (χ1) is 11.5. The van der Waals surface area contributed by atoms with Gasteiger partial charge in [-0.3, -0.25) is 20.0 Å². The Hall–Kier alpha value is -2.42. The van der Waals surface area contributed by atoms with Crippen LogP contribution >= 0.6 is 11.8 Å². The number of rotatable bonds is 4. The molecule has 1 aliphatic rings. The second-order valence-electron chi connectivity index (χ2n) is 5.41. The number of aryl methyl sites for hydroxylation is 1. The van der Waals surface area contributed by atoms with Crippen LogP contribution < -0.4 is 10.6 Å². The lowest BCUT2D eigenvalue weighted by molar-refractivity contribution is -0.126. The Morgan fingerprint density at radius 3 is 2.92 bits per heavy atom. The summed E-state index contributed by atoms with van der Waals surface area (Å²) in [6.45, 7) is 1.72. The van der Waals surface area contributed by atoms with Crippen LogP contribution in [0.15, 0.2) is 24.3 Å². The molecule has 2 amide bonds. The molecule has 2 aromatic rings. The monoisotopic (exact) mass is 349 g/mol. The molecule has 0 bridgehead atoms. The number of nitrogens with one attached hydrogen (secondary N) is 3. The van der Waals surface area contributed by atoms with E-state index in [2.05, 4.69) is 25.8 Å². The number of carbonyl (C=O) groups excluding carboxylic acids is 2. The number of aromatic amines is 1. The fourth-order valence-electron chi connectivity index (χ4n) is 2.35. The van der Waals surface area contributed by atoms with E-state index >= 15 is 0 Å². The first-order valence-corrected chi connectivity index (χ1v) is 8.43. The van der Waals surface area contributed by atoms with Crippen molar-refractivity contribution >= 4 is 29.5 Å². The van der Waals surface area contributed by atoms with Gasteiger partial charge in [0.05, 0.1) is 5.25 Å². The number of nitrogens with zero attached hydrogens (tertiary/aromatic N) is 2. The lowest BCUT2D eigenvalue weighted by atomic mass is 10.1. The number of anilines is 1. The van der Waals surface area contributed by atoms with Crippen LogP contribution in [-0.4, -0.2) is 44.0 Å². The number of benzene rings is 1. The second kappa shape index (κ2) is 7.00. The molecule has 3 N–H and O–H groups in total. The zero-order chi connectivity index (χ0) is 17.1. The molecule has 0 unspecified atom stereocenters. The molecule has 0 aliphatic carbocycles. The topological polar surface area (TPSA) is 99.8 Å². The minimum absolute atomic E-state index is 0.172.